The van der Waals surface area contributed by atoms with Crippen molar-refractivity contribution in [1.82, 2.24) is 0 Å². The Bertz CT molecular complexity index is 778. The van der Waals surface area contributed by atoms with Gasteiger partial charge in [-0.15, -0.1) is 0 Å². The summed E-state index contributed by atoms with van der Waals surface area (Å²) < 4.78 is 5.17. The molecule has 2 aromatic carbocycles. The summed E-state index contributed by atoms with van der Waals surface area (Å²) in [6.07, 6.45) is 1.73. The van der Waals surface area contributed by atoms with Crippen LogP contribution in [0.3, 0.4) is 0 Å². The fourth-order valence-electron chi connectivity index (χ4n) is 2.59. The first kappa shape index (κ1) is 15.9. The van der Waals surface area contributed by atoms with Crippen LogP contribution in [0.5, 0.6) is 0 Å². The maximum absolute atomic E-state index is 12.5. The van der Waals surface area contributed by atoms with E-state index in [1.165, 1.54) is 6.07 Å². The predicted molar refractivity (Wildman–Crippen MR) is 89.2 cm³/mol. The fourth-order valence-corrected chi connectivity index (χ4v) is 2.59. The average Bonchev–Trinajstić information content (AvgIpc) is 2.86. The molecular formula is C19H17NO4. The number of benzene rings is 2. The van der Waals surface area contributed by atoms with E-state index in [1.807, 2.05) is 6.92 Å². The van der Waals surface area contributed by atoms with Gasteiger partial charge in [-0.1, -0.05) is 31.5 Å². The minimum Gasteiger partial charge on any atom is -0.462 e. The maximum Gasteiger partial charge on any atom is 0.338 e. The lowest BCUT2D eigenvalue weighted by atomic mass is 10.1. The number of rotatable bonds is 5. The second-order valence-corrected chi connectivity index (χ2v) is 5.53. The standard InChI is InChI=1S/C19H17NO4/c1-2-3-11-24-19(23)13-7-6-8-14(12-13)20-17(21)15-9-4-5-10-16(15)18(20)22/h4-10,12H,2-3,11H2,1H3. The molecule has 0 atom stereocenters. The lowest BCUT2D eigenvalue weighted by Crippen LogP contribution is -2.29. The Labute approximate surface area is 139 Å². The Kier molecular flexibility index (Phi) is 4.42. The second kappa shape index (κ2) is 6.66. The van der Waals surface area contributed by atoms with Gasteiger partial charge in [0, 0.05) is 0 Å². The first-order valence-electron chi connectivity index (χ1n) is 7.88. The molecule has 0 fully saturated rings. The number of esters is 1. The third-order valence-corrected chi connectivity index (χ3v) is 3.87. The van der Waals surface area contributed by atoms with Gasteiger partial charge >= 0.3 is 5.97 Å². The molecule has 0 saturated carbocycles. The van der Waals surface area contributed by atoms with Crippen LogP contribution in [0.4, 0.5) is 5.69 Å². The van der Waals surface area contributed by atoms with E-state index in [0.717, 1.165) is 17.7 Å². The number of amides is 2. The molecular weight excluding hydrogens is 306 g/mol. The first-order chi connectivity index (χ1) is 11.6. The molecule has 0 aliphatic carbocycles. The molecule has 2 amide bonds. The van der Waals surface area contributed by atoms with Gasteiger partial charge in [-0.25, -0.2) is 9.69 Å². The molecule has 0 saturated heterocycles. The Balaban J connectivity index is 1.86. The van der Waals surface area contributed by atoms with E-state index < -0.39 is 5.97 Å². The molecule has 24 heavy (non-hydrogen) atoms. The van der Waals surface area contributed by atoms with Gasteiger partial charge < -0.3 is 4.74 Å². The summed E-state index contributed by atoms with van der Waals surface area (Å²) in [5.41, 5.74) is 1.43. The molecule has 1 aliphatic heterocycles. The highest BCUT2D eigenvalue weighted by Gasteiger charge is 2.36. The number of unbranched alkanes of at least 4 members (excludes halogenated alkanes) is 1. The van der Waals surface area contributed by atoms with Crippen molar-refractivity contribution < 1.29 is 19.1 Å². The van der Waals surface area contributed by atoms with Crippen molar-refractivity contribution in [2.24, 2.45) is 0 Å². The lowest BCUT2D eigenvalue weighted by molar-refractivity contribution is 0.0499. The molecule has 122 valence electrons. The van der Waals surface area contributed by atoms with Crippen molar-refractivity contribution in [3.05, 3.63) is 65.2 Å². The number of imide groups is 1. The lowest BCUT2D eigenvalue weighted by Gasteiger charge is -2.14. The molecule has 2 aromatic rings. The van der Waals surface area contributed by atoms with E-state index >= 15 is 0 Å². The number of fused-ring (bicyclic) bond motifs is 1. The van der Waals surface area contributed by atoms with E-state index in [-0.39, 0.29) is 11.8 Å². The third-order valence-electron chi connectivity index (χ3n) is 3.87. The van der Waals surface area contributed by atoms with Crippen LogP contribution >= 0.6 is 0 Å². The summed E-state index contributed by atoms with van der Waals surface area (Å²) in [6.45, 7) is 2.36. The quantitative estimate of drug-likeness (QED) is 0.480. The number of anilines is 1. The molecule has 3 rings (SSSR count). The highest BCUT2D eigenvalue weighted by molar-refractivity contribution is 6.34. The molecule has 0 aromatic heterocycles. The van der Waals surface area contributed by atoms with Gasteiger partial charge in [0.15, 0.2) is 0 Å². The summed E-state index contributed by atoms with van der Waals surface area (Å²) in [5.74, 6) is -1.22. The molecule has 0 unspecified atom stereocenters. The number of ether oxygens (including phenoxy) is 1. The van der Waals surface area contributed by atoms with Gasteiger partial charge in [-0.3, -0.25) is 9.59 Å². The fraction of sp³-hybridized carbons (Fsp3) is 0.211. The van der Waals surface area contributed by atoms with E-state index in [2.05, 4.69) is 0 Å². The molecule has 1 aliphatic rings. The van der Waals surface area contributed by atoms with Crippen LogP contribution in [-0.2, 0) is 4.74 Å². The van der Waals surface area contributed by atoms with E-state index in [9.17, 15) is 14.4 Å². The summed E-state index contributed by atoms with van der Waals surface area (Å²) in [6, 6.07) is 13.1. The minimum absolute atomic E-state index is 0.320. The maximum atomic E-state index is 12.5. The number of carbonyl (C=O) groups is 3. The van der Waals surface area contributed by atoms with Gasteiger partial charge in [0.05, 0.1) is 29.0 Å². The average molecular weight is 323 g/mol. The van der Waals surface area contributed by atoms with Crippen LogP contribution in [0.2, 0.25) is 0 Å². The number of hydrogen-bond donors (Lipinski definition) is 0. The monoisotopic (exact) mass is 323 g/mol. The molecule has 0 bridgehead atoms. The largest absolute Gasteiger partial charge is 0.462 e. The predicted octanol–water partition coefficient (Wildman–Crippen LogP) is 3.44. The highest BCUT2D eigenvalue weighted by Crippen LogP contribution is 2.28. The summed E-state index contributed by atoms with van der Waals surface area (Å²) >= 11 is 0. The summed E-state index contributed by atoms with van der Waals surface area (Å²) in [5, 5.41) is 0. The first-order valence-corrected chi connectivity index (χ1v) is 7.88. The van der Waals surface area contributed by atoms with Crippen molar-refractivity contribution in [3.8, 4) is 0 Å². The molecule has 1 heterocycles. The molecule has 5 nitrogen and oxygen atoms in total. The summed E-state index contributed by atoms with van der Waals surface area (Å²) in [4.78, 5) is 38.1. The van der Waals surface area contributed by atoms with E-state index in [1.54, 1.807) is 42.5 Å². The van der Waals surface area contributed by atoms with Crippen molar-refractivity contribution in [3.63, 3.8) is 0 Å². The SMILES string of the molecule is CCCCOC(=O)c1cccc(N2C(=O)c3ccccc3C2=O)c1. The smallest absolute Gasteiger partial charge is 0.338 e. The topological polar surface area (TPSA) is 63.7 Å². The van der Waals surface area contributed by atoms with Crippen molar-refractivity contribution in [2.45, 2.75) is 19.8 Å². The van der Waals surface area contributed by atoms with Crippen LogP contribution in [0.1, 0.15) is 50.8 Å². The van der Waals surface area contributed by atoms with Crippen molar-refractivity contribution in [1.29, 1.82) is 0 Å². The van der Waals surface area contributed by atoms with Crippen LogP contribution < -0.4 is 4.90 Å². The van der Waals surface area contributed by atoms with Gasteiger partial charge in [-0.2, -0.15) is 0 Å². The van der Waals surface area contributed by atoms with Gasteiger partial charge in [0.25, 0.3) is 11.8 Å². The van der Waals surface area contributed by atoms with E-state index in [4.69, 9.17) is 4.74 Å². The highest BCUT2D eigenvalue weighted by atomic mass is 16.5. The van der Waals surface area contributed by atoms with Crippen LogP contribution in [0.15, 0.2) is 48.5 Å². The second-order valence-electron chi connectivity index (χ2n) is 5.53. The Morgan fingerprint density at radius 1 is 1.00 bits per heavy atom. The zero-order valence-electron chi connectivity index (χ0n) is 13.3. The number of carbonyl (C=O) groups excluding carboxylic acids is 3. The molecule has 0 radical (unpaired) electrons. The van der Waals surface area contributed by atoms with Crippen LogP contribution in [-0.4, -0.2) is 24.4 Å². The van der Waals surface area contributed by atoms with Crippen molar-refractivity contribution in [2.75, 3.05) is 11.5 Å². The Morgan fingerprint density at radius 3 is 2.29 bits per heavy atom. The van der Waals surface area contributed by atoms with Crippen LogP contribution in [0.25, 0.3) is 0 Å². The third kappa shape index (κ3) is 2.80. The number of nitrogens with zero attached hydrogens (tertiary/aromatic N) is 1. The van der Waals surface area contributed by atoms with Crippen LogP contribution in [0, 0.1) is 0 Å². The Morgan fingerprint density at radius 2 is 1.67 bits per heavy atom. The summed E-state index contributed by atoms with van der Waals surface area (Å²) in [7, 11) is 0. The zero-order chi connectivity index (χ0) is 17.1. The normalized spacial score (nSPS) is 13.1. The van der Waals surface area contributed by atoms with Crippen molar-refractivity contribution >= 4 is 23.5 Å². The Hall–Kier alpha value is -2.95. The molecule has 0 spiro atoms. The molecule has 5 heteroatoms. The number of hydrogen-bond acceptors (Lipinski definition) is 4. The molecule has 0 N–H and O–H groups in total. The van der Waals surface area contributed by atoms with Gasteiger partial charge in [0.1, 0.15) is 0 Å². The minimum atomic E-state index is -0.457. The van der Waals surface area contributed by atoms with E-state index in [0.29, 0.717) is 29.0 Å². The zero-order valence-corrected chi connectivity index (χ0v) is 13.3. The van der Waals surface area contributed by atoms with Gasteiger partial charge in [0.2, 0.25) is 0 Å². The van der Waals surface area contributed by atoms with Gasteiger partial charge in [-0.05, 0) is 36.8 Å².